The van der Waals surface area contributed by atoms with Crippen LogP contribution in [0.25, 0.3) is 0 Å². The van der Waals surface area contributed by atoms with E-state index in [0.29, 0.717) is 17.3 Å². The number of rotatable bonds is 4. The molecule has 16 heavy (non-hydrogen) atoms. The predicted octanol–water partition coefficient (Wildman–Crippen LogP) is 2.17. The molecule has 0 aliphatic heterocycles. The van der Waals surface area contributed by atoms with Crippen LogP contribution in [0.4, 0.5) is 4.79 Å². The monoisotopic (exact) mass is 242 g/mol. The van der Waals surface area contributed by atoms with Crippen molar-refractivity contribution >= 4 is 17.6 Å². The number of nitrogens with one attached hydrogen (secondary N) is 1. The molecule has 0 aromatic heterocycles. The number of carbonyl (C=O) groups excluding carboxylic acids is 1. The maximum absolute atomic E-state index is 10.6. The lowest BCUT2D eigenvalue weighted by molar-refractivity contribution is 0.110. The molecule has 0 radical (unpaired) electrons. The van der Waals surface area contributed by atoms with Crippen LogP contribution in [0.15, 0.2) is 24.3 Å². The van der Waals surface area contributed by atoms with Crippen molar-refractivity contribution < 1.29 is 9.53 Å². The van der Waals surface area contributed by atoms with E-state index in [1.807, 2.05) is 13.8 Å². The van der Waals surface area contributed by atoms with Gasteiger partial charge in [0.05, 0.1) is 6.54 Å². The lowest BCUT2D eigenvalue weighted by Crippen LogP contribution is -2.44. The van der Waals surface area contributed by atoms with Crippen LogP contribution >= 0.6 is 11.6 Å². The van der Waals surface area contributed by atoms with Crippen molar-refractivity contribution in [3.8, 4) is 5.75 Å². The number of benzene rings is 1. The third kappa shape index (κ3) is 4.40. The van der Waals surface area contributed by atoms with Crippen LogP contribution in [0.3, 0.4) is 0 Å². The second-order valence-corrected chi connectivity index (χ2v) is 4.47. The van der Waals surface area contributed by atoms with E-state index >= 15 is 0 Å². The highest BCUT2D eigenvalue weighted by Gasteiger charge is 2.20. The average Bonchev–Trinajstić information content (AvgIpc) is 2.19. The fraction of sp³-hybridized carbons (Fsp3) is 0.364. The summed E-state index contributed by atoms with van der Waals surface area (Å²) >= 11 is 5.76. The van der Waals surface area contributed by atoms with Gasteiger partial charge in [-0.25, -0.2) is 4.79 Å². The standard InChI is InChI=1S/C11H15ClN2O2/c1-11(2,7-14-10(13)15)16-9-5-3-8(12)4-6-9/h3-6H,7H2,1-2H3,(H3,13,14,15). The summed E-state index contributed by atoms with van der Waals surface area (Å²) in [6.45, 7) is 4.06. The summed E-state index contributed by atoms with van der Waals surface area (Å²) in [4.78, 5) is 10.6. The predicted molar refractivity (Wildman–Crippen MR) is 63.7 cm³/mol. The van der Waals surface area contributed by atoms with Crippen molar-refractivity contribution in [3.63, 3.8) is 0 Å². The molecule has 3 N–H and O–H groups in total. The number of hydrogen-bond acceptors (Lipinski definition) is 2. The third-order valence-electron chi connectivity index (χ3n) is 1.90. The number of urea groups is 1. The fourth-order valence-electron chi connectivity index (χ4n) is 1.16. The lowest BCUT2D eigenvalue weighted by Gasteiger charge is -2.26. The second kappa shape index (κ2) is 5.07. The van der Waals surface area contributed by atoms with E-state index in [1.165, 1.54) is 0 Å². The van der Waals surface area contributed by atoms with Gasteiger partial charge in [0, 0.05) is 5.02 Å². The van der Waals surface area contributed by atoms with Crippen LogP contribution in [0.5, 0.6) is 5.75 Å². The molecule has 88 valence electrons. The topological polar surface area (TPSA) is 64.3 Å². The Morgan fingerprint density at radius 2 is 2.00 bits per heavy atom. The smallest absolute Gasteiger partial charge is 0.312 e. The maximum Gasteiger partial charge on any atom is 0.312 e. The van der Waals surface area contributed by atoms with E-state index in [1.54, 1.807) is 24.3 Å². The van der Waals surface area contributed by atoms with Gasteiger partial charge in [-0.1, -0.05) is 11.6 Å². The first-order valence-electron chi connectivity index (χ1n) is 4.87. The van der Waals surface area contributed by atoms with Gasteiger partial charge in [0.2, 0.25) is 0 Å². The highest BCUT2D eigenvalue weighted by molar-refractivity contribution is 6.30. The Kier molecular flexibility index (Phi) is 4.01. The van der Waals surface area contributed by atoms with Gasteiger partial charge >= 0.3 is 6.03 Å². The Hall–Kier alpha value is -1.42. The highest BCUT2D eigenvalue weighted by atomic mass is 35.5. The quantitative estimate of drug-likeness (QED) is 0.850. The molecule has 0 saturated heterocycles. The summed E-state index contributed by atoms with van der Waals surface area (Å²) in [6.07, 6.45) is 0. The van der Waals surface area contributed by atoms with Crippen molar-refractivity contribution in [1.29, 1.82) is 0 Å². The molecule has 0 aliphatic rings. The first-order chi connectivity index (χ1) is 7.39. The van der Waals surface area contributed by atoms with Gasteiger partial charge in [0.25, 0.3) is 0 Å². The molecular formula is C11H15ClN2O2. The molecule has 0 aliphatic carbocycles. The summed E-state index contributed by atoms with van der Waals surface area (Å²) < 4.78 is 5.68. The van der Waals surface area contributed by atoms with Crippen molar-refractivity contribution in [3.05, 3.63) is 29.3 Å². The van der Waals surface area contributed by atoms with E-state index in [0.717, 1.165) is 0 Å². The van der Waals surface area contributed by atoms with Gasteiger partial charge < -0.3 is 15.8 Å². The van der Waals surface area contributed by atoms with E-state index in [9.17, 15) is 4.79 Å². The van der Waals surface area contributed by atoms with Gasteiger partial charge in [0.15, 0.2) is 0 Å². The summed E-state index contributed by atoms with van der Waals surface area (Å²) in [7, 11) is 0. The van der Waals surface area contributed by atoms with Gasteiger partial charge in [-0.3, -0.25) is 0 Å². The van der Waals surface area contributed by atoms with Crippen molar-refractivity contribution in [2.24, 2.45) is 5.73 Å². The molecule has 4 nitrogen and oxygen atoms in total. The maximum atomic E-state index is 10.6. The molecule has 0 spiro atoms. The zero-order valence-electron chi connectivity index (χ0n) is 9.29. The van der Waals surface area contributed by atoms with Crippen LogP contribution in [0, 0.1) is 0 Å². The van der Waals surface area contributed by atoms with Gasteiger partial charge in [-0.05, 0) is 38.1 Å². The summed E-state index contributed by atoms with van der Waals surface area (Å²) in [5.41, 5.74) is 4.46. The molecule has 5 heteroatoms. The highest BCUT2D eigenvalue weighted by Crippen LogP contribution is 2.20. The number of nitrogens with two attached hydrogens (primary N) is 1. The third-order valence-corrected chi connectivity index (χ3v) is 2.15. The molecule has 0 atom stereocenters. The number of ether oxygens (including phenoxy) is 1. The van der Waals surface area contributed by atoms with E-state index < -0.39 is 11.6 Å². The molecule has 1 aromatic rings. The molecule has 0 saturated carbocycles. The van der Waals surface area contributed by atoms with Crippen LogP contribution in [0.2, 0.25) is 5.02 Å². The molecule has 0 fully saturated rings. The van der Waals surface area contributed by atoms with Crippen molar-refractivity contribution in [2.45, 2.75) is 19.4 Å². The molecule has 0 heterocycles. The molecule has 0 bridgehead atoms. The number of amides is 2. The van der Waals surface area contributed by atoms with Crippen LogP contribution in [-0.4, -0.2) is 18.2 Å². The van der Waals surface area contributed by atoms with Gasteiger partial charge in [-0.2, -0.15) is 0 Å². The number of hydrogen-bond donors (Lipinski definition) is 2. The van der Waals surface area contributed by atoms with Gasteiger partial charge in [-0.15, -0.1) is 0 Å². The van der Waals surface area contributed by atoms with E-state index in [4.69, 9.17) is 22.1 Å². The zero-order valence-corrected chi connectivity index (χ0v) is 10.0. The number of primary amides is 1. The van der Waals surface area contributed by atoms with Crippen molar-refractivity contribution in [1.82, 2.24) is 5.32 Å². The minimum atomic E-state index is -0.562. The Labute approximate surface area is 99.7 Å². The SMILES string of the molecule is CC(C)(CNC(N)=O)Oc1ccc(Cl)cc1. The zero-order chi connectivity index (χ0) is 12.2. The van der Waals surface area contributed by atoms with Crippen molar-refractivity contribution in [2.75, 3.05) is 6.54 Å². The summed E-state index contributed by atoms with van der Waals surface area (Å²) in [5, 5.41) is 3.16. The average molecular weight is 243 g/mol. The van der Waals surface area contributed by atoms with Crippen LogP contribution in [-0.2, 0) is 0 Å². The second-order valence-electron chi connectivity index (χ2n) is 4.03. The fourth-order valence-corrected chi connectivity index (χ4v) is 1.28. The largest absolute Gasteiger partial charge is 0.486 e. The minimum absolute atomic E-state index is 0.338. The Balaban J connectivity index is 2.57. The number of halogens is 1. The Morgan fingerprint density at radius 3 is 2.50 bits per heavy atom. The Morgan fingerprint density at radius 1 is 1.44 bits per heavy atom. The first-order valence-corrected chi connectivity index (χ1v) is 5.25. The van der Waals surface area contributed by atoms with Crippen LogP contribution in [0.1, 0.15) is 13.8 Å². The molecule has 1 rings (SSSR count). The molecular weight excluding hydrogens is 228 g/mol. The molecule has 0 unspecified atom stereocenters. The molecule has 2 amide bonds. The Bertz CT molecular complexity index is 363. The lowest BCUT2D eigenvalue weighted by atomic mass is 10.1. The normalized spacial score (nSPS) is 10.9. The molecule has 1 aromatic carbocycles. The van der Waals surface area contributed by atoms with E-state index in [2.05, 4.69) is 5.32 Å². The summed E-state index contributed by atoms with van der Waals surface area (Å²) in [5.74, 6) is 0.695. The van der Waals surface area contributed by atoms with E-state index in [-0.39, 0.29) is 0 Å². The summed E-state index contributed by atoms with van der Waals surface area (Å²) in [6, 6.07) is 6.47. The van der Waals surface area contributed by atoms with Gasteiger partial charge in [0.1, 0.15) is 11.4 Å². The first kappa shape index (κ1) is 12.6. The van der Waals surface area contributed by atoms with Crippen LogP contribution < -0.4 is 15.8 Å². The number of carbonyl (C=O) groups is 1. The minimum Gasteiger partial charge on any atom is -0.486 e.